The number of anilines is 1. The fourth-order valence-electron chi connectivity index (χ4n) is 2.40. The summed E-state index contributed by atoms with van der Waals surface area (Å²) in [6, 6.07) is 5.03. The molecular weight excluding hydrogens is 324 g/mol. The Bertz CT molecular complexity index is 487. The number of methoxy groups -OCH3 is 1. The van der Waals surface area contributed by atoms with Crippen LogP contribution in [0.15, 0.2) is 22.7 Å². The van der Waals surface area contributed by atoms with E-state index < -0.39 is 5.60 Å². The van der Waals surface area contributed by atoms with Gasteiger partial charge in [-0.25, -0.2) is 4.79 Å². The molecule has 1 fully saturated rings. The van der Waals surface area contributed by atoms with Gasteiger partial charge in [-0.2, -0.15) is 0 Å². The predicted molar refractivity (Wildman–Crippen MR) is 81.1 cm³/mol. The average molecular weight is 343 g/mol. The lowest BCUT2D eigenvalue weighted by atomic mass is 10.0. The molecule has 0 radical (unpaired) electrons. The Labute approximate surface area is 126 Å². The van der Waals surface area contributed by atoms with Crippen molar-refractivity contribution in [3.63, 3.8) is 0 Å². The van der Waals surface area contributed by atoms with Gasteiger partial charge in [-0.15, -0.1) is 0 Å². The summed E-state index contributed by atoms with van der Waals surface area (Å²) in [6.07, 6.45) is 3.51. The van der Waals surface area contributed by atoms with Gasteiger partial charge in [-0.05, 0) is 31.0 Å². The molecule has 6 heteroatoms. The van der Waals surface area contributed by atoms with E-state index in [2.05, 4.69) is 26.6 Å². The monoisotopic (exact) mass is 342 g/mol. The molecule has 1 saturated carbocycles. The third-order valence-electron chi connectivity index (χ3n) is 3.52. The molecule has 1 aliphatic rings. The van der Waals surface area contributed by atoms with Crippen molar-refractivity contribution in [1.29, 1.82) is 0 Å². The summed E-state index contributed by atoms with van der Waals surface area (Å²) in [7, 11) is 1.55. The Balaban J connectivity index is 1.92. The normalized spacial score (nSPS) is 16.8. The second-order valence-corrected chi connectivity index (χ2v) is 6.00. The topological polar surface area (TPSA) is 70.6 Å². The smallest absolute Gasteiger partial charge is 0.319 e. The van der Waals surface area contributed by atoms with E-state index in [4.69, 9.17) is 4.74 Å². The second-order valence-electron chi connectivity index (χ2n) is 5.08. The first-order valence-corrected chi connectivity index (χ1v) is 7.42. The van der Waals surface area contributed by atoms with E-state index >= 15 is 0 Å². The number of carbonyl (C=O) groups is 1. The summed E-state index contributed by atoms with van der Waals surface area (Å²) in [5.41, 5.74) is -0.170. The van der Waals surface area contributed by atoms with E-state index in [1.54, 1.807) is 19.2 Å². The molecule has 0 bridgehead atoms. The van der Waals surface area contributed by atoms with Crippen molar-refractivity contribution in [2.45, 2.75) is 31.3 Å². The van der Waals surface area contributed by atoms with Crippen LogP contribution in [-0.2, 0) is 0 Å². The van der Waals surface area contributed by atoms with Crippen LogP contribution in [0.25, 0.3) is 0 Å². The highest BCUT2D eigenvalue weighted by atomic mass is 79.9. The predicted octanol–water partition coefficient (Wildman–Crippen LogP) is 2.88. The lowest BCUT2D eigenvalue weighted by Gasteiger charge is -2.22. The van der Waals surface area contributed by atoms with Gasteiger partial charge in [0.05, 0.1) is 18.4 Å². The Hall–Kier alpha value is -1.27. The van der Waals surface area contributed by atoms with Crippen molar-refractivity contribution in [3.8, 4) is 5.75 Å². The molecule has 1 aromatic carbocycles. The van der Waals surface area contributed by atoms with Crippen LogP contribution in [0.3, 0.4) is 0 Å². The van der Waals surface area contributed by atoms with Crippen molar-refractivity contribution in [3.05, 3.63) is 22.7 Å². The maximum absolute atomic E-state index is 11.9. The highest BCUT2D eigenvalue weighted by Crippen LogP contribution is 2.29. The molecule has 2 rings (SSSR count). The first-order valence-electron chi connectivity index (χ1n) is 6.63. The number of hydrogen-bond donors (Lipinski definition) is 3. The van der Waals surface area contributed by atoms with Gasteiger partial charge in [0.1, 0.15) is 5.75 Å². The third kappa shape index (κ3) is 3.86. The highest BCUT2D eigenvalue weighted by Gasteiger charge is 2.31. The van der Waals surface area contributed by atoms with Crippen molar-refractivity contribution in [2.24, 2.45) is 0 Å². The molecule has 20 heavy (non-hydrogen) atoms. The van der Waals surface area contributed by atoms with Crippen LogP contribution < -0.4 is 15.4 Å². The number of urea groups is 1. The zero-order valence-corrected chi connectivity index (χ0v) is 13.0. The lowest BCUT2D eigenvalue weighted by Crippen LogP contribution is -2.42. The molecule has 1 aromatic rings. The molecule has 1 aliphatic carbocycles. The van der Waals surface area contributed by atoms with E-state index in [0.717, 1.165) is 30.2 Å². The quantitative estimate of drug-likeness (QED) is 0.787. The summed E-state index contributed by atoms with van der Waals surface area (Å²) >= 11 is 3.35. The van der Waals surface area contributed by atoms with E-state index in [1.165, 1.54) is 0 Å². The van der Waals surface area contributed by atoms with Gasteiger partial charge in [0.2, 0.25) is 0 Å². The largest absolute Gasteiger partial charge is 0.495 e. The maximum atomic E-state index is 11.9. The second kappa shape index (κ2) is 6.45. The summed E-state index contributed by atoms with van der Waals surface area (Å²) < 4.78 is 6.04. The number of benzene rings is 1. The van der Waals surface area contributed by atoms with Gasteiger partial charge in [0.25, 0.3) is 0 Å². The van der Waals surface area contributed by atoms with Gasteiger partial charge in [-0.3, -0.25) is 0 Å². The minimum atomic E-state index is -0.751. The molecule has 110 valence electrons. The Morgan fingerprint density at radius 2 is 2.15 bits per heavy atom. The molecule has 0 spiro atoms. The summed E-state index contributed by atoms with van der Waals surface area (Å²) in [6.45, 7) is 0.273. The summed E-state index contributed by atoms with van der Waals surface area (Å²) in [5.74, 6) is 0.586. The minimum absolute atomic E-state index is 0.273. The number of amides is 2. The van der Waals surface area contributed by atoms with Crippen molar-refractivity contribution < 1.29 is 14.6 Å². The van der Waals surface area contributed by atoms with Crippen LogP contribution in [-0.4, -0.2) is 30.4 Å². The zero-order valence-electron chi connectivity index (χ0n) is 11.4. The average Bonchev–Trinajstić information content (AvgIpc) is 2.84. The van der Waals surface area contributed by atoms with Gasteiger partial charge in [-0.1, -0.05) is 28.8 Å². The van der Waals surface area contributed by atoms with Gasteiger partial charge >= 0.3 is 6.03 Å². The van der Waals surface area contributed by atoms with Crippen LogP contribution in [0.2, 0.25) is 0 Å². The van der Waals surface area contributed by atoms with Crippen LogP contribution in [0.5, 0.6) is 5.75 Å². The Morgan fingerprint density at radius 3 is 2.80 bits per heavy atom. The molecule has 0 aliphatic heterocycles. The number of halogens is 1. The van der Waals surface area contributed by atoms with Crippen molar-refractivity contribution in [1.82, 2.24) is 5.32 Å². The fourth-order valence-corrected chi connectivity index (χ4v) is 2.76. The number of hydrogen-bond acceptors (Lipinski definition) is 3. The Kier molecular flexibility index (Phi) is 4.88. The van der Waals surface area contributed by atoms with Crippen LogP contribution >= 0.6 is 15.9 Å². The molecule has 5 nitrogen and oxygen atoms in total. The van der Waals surface area contributed by atoms with Crippen LogP contribution in [0, 0.1) is 0 Å². The number of carbonyl (C=O) groups excluding carboxylic acids is 1. The van der Waals surface area contributed by atoms with Crippen LogP contribution in [0.1, 0.15) is 25.7 Å². The molecule has 0 heterocycles. The molecule has 3 N–H and O–H groups in total. The van der Waals surface area contributed by atoms with E-state index in [9.17, 15) is 9.90 Å². The highest BCUT2D eigenvalue weighted by molar-refractivity contribution is 9.10. The summed E-state index contributed by atoms with van der Waals surface area (Å²) in [4.78, 5) is 11.9. The lowest BCUT2D eigenvalue weighted by molar-refractivity contribution is 0.0506. The third-order valence-corrected chi connectivity index (χ3v) is 4.02. The molecule has 0 unspecified atom stereocenters. The SMILES string of the molecule is COc1ccc(Br)cc1NC(=O)NCC1(O)CCCC1. The van der Waals surface area contributed by atoms with Gasteiger partial charge < -0.3 is 20.5 Å². The van der Waals surface area contributed by atoms with Gasteiger partial charge in [0.15, 0.2) is 0 Å². The maximum Gasteiger partial charge on any atom is 0.319 e. The van der Waals surface area contributed by atoms with Crippen molar-refractivity contribution in [2.75, 3.05) is 19.0 Å². The number of aliphatic hydroxyl groups is 1. The number of rotatable bonds is 4. The minimum Gasteiger partial charge on any atom is -0.495 e. The molecule has 0 saturated heterocycles. The fraction of sp³-hybridized carbons (Fsp3) is 0.500. The van der Waals surface area contributed by atoms with E-state index in [1.807, 2.05) is 6.07 Å². The summed E-state index contributed by atoms with van der Waals surface area (Å²) in [5, 5.41) is 15.6. The number of ether oxygens (including phenoxy) is 1. The molecule has 2 amide bonds. The molecule has 0 atom stereocenters. The van der Waals surface area contributed by atoms with Crippen LogP contribution in [0.4, 0.5) is 10.5 Å². The molecule has 0 aromatic heterocycles. The van der Waals surface area contributed by atoms with E-state index in [-0.39, 0.29) is 12.6 Å². The first kappa shape index (κ1) is 15.1. The molecular formula is C14H19BrN2O3. The zero-order chi connectivity index (χ0) is 14.6. The Morgan fingerprint density at radius 1 is 1.45 bits per heavy atom. The van der Waals surface area contributed by atoms with Gasteiger partial charge in [0, 0.05) is 11.0 Å². The standard InChI is InChI=1S/C14H19BrN2O3/c1-20-12-5-4-10(15)8-11(12)17-13(18)16-9-14(19)6-2-3-7-14/h4-5,8,19H,2-3,6-7,9H2,1H3,(H2,16,17,18). The van der Waals surface area contributed by atoms with Crippen molar-refractivity contribution >= 4 is 27.6 Å². The number of nitrogens with one attached hydrogen (secondary N) is 2. The first-order chi connectivity index (χ1) is 9.52. The van der Waals surface area contributed by atoms with E-state index in [0.29, 0.717) is 11.4 Å².